The molecule has 2 heterocycles. The SMILES string of the molecule is COc1cc(S(=O)(=O)CCN(C(=O)N(CCN2CCOCC2)CCN2CCOCC2)C(C)C)cc(OC)c1OC.O=C(O)CC(O)(CC(=O)O)C(=O)O. The number of benzene rings is 1. The van der Waals surface area contributed by atoms with Gasteiger partial charge in [0.2, 0.25) is 5.75 Å². The summed E-state index contributed by atoms with van der Waals surface area (Å²) in [4.78, 5) is 52.5. The van der Waals surface area contributed by atoms with E-state index in [-0.39, 0.29) is 40.8 Å². The van der Waals surface area contributed by atoms with E-state index in [0.29, 0.717) is 45.3 Å². The smallest absolute Gasteiger partial charge is 0.336 e. The van der Waals surface area contributed by atoms with E-state index in [0.717, 1.165) is 39.3 Å². The van der Waals surface area contributed by atoms with Crippen molar-refractivity contribution in [3.63, 3.8) is 0 Å². The number of hydrogen-bond donors (Lipinski definition) is 4. The highest BCUT2D eigenvalue weighted by Crippen LogP contribution is 2.39. The van der Waals surface area contributed by atoms with Crippen molar-refractivity contribution in [1.82, 2.24) is 19.6 Å². The van der Waals surface area contributed by atoms with Crippen molar-refractivity contribution in [3.05, 3.63) is 12.1 Å². The van der Waals surface area contributed by atoms with Crippen molar-refractivity contribution in [3.8, 4) is 17.2 Å². The molecule has 53 heavy (non-hydrogen) atoms. The number of carbonyl (C=O) groups excluding carboxylic acids is 1. The minimum atomic E-state index is -3.77. The maximum absolute atomic E-state index is 13.9. The van der Waals surface area contributed by atoms with Crippen LogP contribution < -0.4 is 14.2 Å². The van der Waals surface area contributed by atoms with E-state index < -0.39 is 46.2 Å². The molecule has 20 heteroatoms. The lowest BCUT2D eigenvalue weighted by atomic mass is 9.96. The van der Waals surface area contributed by atoms with Crippen molar-refractivity contribution >= 4 is 33.8 Å². The van der Waals surface area contributed by atoms with Crippen LogP contribution in [0.25, 0.3) is 0 Å². The van der Waals surface area contributed by atoms with Crippen molar-refractivity contribution in [2.75, 3.05) is 112 Å². The number of aliphatic carboxylic acids is 3. The van der Waals surface area contributed by atoms with Gasteiger partial charge in [0.15, 0.2) is 26.9 Å². The van der Waals surface area contributed by atoms with E-state index >= 15 is 0 Å². The summed E-state index contributed by atoms with van der Waals surface area (Å²) >= 11 is 0. The second kappa shape index (κ2) is 21.7. The zero-order valence-corrected chi connectivity index (χ0v) is 31.8. The Morgan fingerprint density at radius 1 is 0.792 bits per heavy atom. The third-order valence-electron chi connectivity index (χ3n) is 8.60. The molecule has 2 fully saturated rings. The van der Waals surface area contributed by atoms with Crippen molar-refractivity contribution in [2.24, 2.45) is 0 Å². The van der Waals surface area contributed by atoms with Crippen molar-refractivity contribution in [2.45, 2.75) is 43.2 Å². The van der Waals surface area contributed by atoms with Gasteiger partial charge in [0.25, 0.3) is 0 Å². The van der Waals surface area contributed by atoms with E-state index in [9.17, 15) is 27.6 Å². The van der Waals surface area contributed by atoms with Crippen LogP contribution in [0.15, 0.2) is 17.0 Å². The fraction of sp³-hybridized carbons (Fsp3) is 0.697. The van der Waals surface area contributed by atoms with E-state index in [4.69, 9.17) is 44.1 Å². The van der Waals surface area contributed by atoms with Gasteiger partial charge in [-0.15, -0.1) is 0 Å². The summed E-state index contributed by atoms with van der Waals surface area (Å²) in [6.07, 6.45) is -2.29. The number of morpholine rings is 2. The summed E-state index contributed by atoms with van der Waals surface area (Å²) in [7, 11) is 0.573. The molecule has 0 bridgehead atoms. The van der Waals surface area contributed by atoms with Gasteiger partial charge in [-0.1, -0.05) is 0 Å². The van der Waals surface area contributed by atoms with Gasteiger partial charge in [0, 0.05) is 77.1 Å². The number of sulfone groups is 1. The molecule has 1 aromatic rings. The molecule has 0 aliphatic carbocycles. The third kappa shape index (κ3) is 14.4. The largest absolute Gasteiger partial charge is 0.493 e. The Bertz CT molecular complexity index is 1400. The molecule has 2 aliphatic rings. The van der Waals surface area contributed by atoms with Gasteiger partial charge < -0.3 is 53.9 Å². The molecule has 1 aromatic carbocycles. The number of carboxylic acids is 3. The van der Waals surface area contributed by atoms with Gasteiger partial charge in [-0.05, 0) is 13.8 Å². The topological polar surface area (TPSA) is 242 Å². The van der Waals surface area contributed by atoms with E-state index in [1.807, 2.05) is 18.7 Å². The number of carboxylic acid groups (broad SMARTS) is 3. The van der Waals surface area contributed by atoms with Gasteiger partial charge in [-0.25, -0.2) is 18.0 Å². The van der Waals surface area contributed by atoms with Crippen LogP contribution in [0, 0.1) is 0 Å². The van der Waals surface area contributed by atoms with Crippen LogP contribution in [-0.2, 0) is 33.7 Å². The number of hydrogen-bond acceptors (Lipinski definition) is 14. The number of methoxy groups -OCH3 is 3. The first-order chi connectivity index (χ1) is 25.0. The molecule has 0 aromatic heterocycles. The molecule has 0 atom stereocenters. The average molecular weight is 779 g/mol. The van der Waals surface area contributed by atoms with Crippen LogP contribution >= 0.6 is 0 Å². The molecule has 4 N–H and O–H groups in total. The first kappa shape index (κ1) is 45.2. The summed E-state index contributed by atoms with van der Waals surface area (Å²) in [6, 6.07) is 2.51. The van der Waals surface area contributed by atoms with Crippen molar-refractivity contribution in [1.29, 1.82) is 0 Å². The second-order valence-electron chi connectivity index (χ2n) is 12.6. The summed E-state index contributed by atoms with van der Waals surface area (Å²) in [5, 5.41) is 33.8. The lowest BCUT2D eigenvalue weighted by molar-refractivity contribution is -0.170. The molecular weight excluding hydrogens is 724 g/mol. The standard InChI is InChI=1S/C27H46N4O8S.C6H8O7/c1-22(2)31(14-19-40(33,34)23-20-24(35-3)26(37-5)25(21-23)36-4)27(32)30(8-6-28-10-15-38-16-11-28)9-7-29-12-17-39-18-13-29;7-3(8)1-6(13,5(11)12)2-4(9)10/h20-22H,6-19H2,1-5H3;13H,1-2H2,(H,7,8)(H,9,10)(H,11,12). The average Bonchev–Trinajstić information content (AvgIpc) is 3.11. The number of carbonyl (C=O) groups is 4. The lowest BCUT2D eigenvalue weighted by Gasteiger charge is -2.36. The van der Waals surface area contributed by atoms with E-state index in [1.54, 1.807) is 4.90 Å². The molecule has 2 saturated heterocycles. The molecule has 0 radical (unpaired) electrons. The zero-order valence-electron chi connectivity index (χ0n) is 31.0. The highest BCUT2D eigenvalue weighted by atomic mass is 32.2. The summed E-state index contributed by atoms with van der Waals surface area (Å²) in [6.45, 7) is 12.6. The molecular formula is C33H54N4O15S. The Morgan fingerprint density at radius 2 is 1.23 bits per heavy atom. The number of urea groups is 1. The predicted octanol–water partition coefficient (Wildman–Crippen LogP) is 0.0344. The van der Waals surface area contributed by atoms with E-state index in [1.165, 1.54) is 33.5 Å². The molecule has 0 unspecified atom stereocenters. The minimum Gasteiger partial charge on any atom is -0.493 e. The number of rotatable bonds is 19. The monoisotopic (exact) mass is 778 g/mol. The van der Waals surface area contributed by atoms with Crippen LogP contribution in [0.5, 0.6) is 17.2 Å². The zero-order chi connectivity index (χ0) is 39.8. The molecule has 302 valence electrons. The number of nitrogens with zero attached hydrogens (tertiary/aromatic N) is 4. The Morgan fingerprint density at radius 3 is 1.57 bits per heavy atom. The summed E-state index contributed by atoms with van der Waals surface area (Å²) < 4.78 is 53.7. The maximum atomic E-state index is 13.9. The third-order valence-corrected chi connectivity index (χ3v) is 10.3. The highest BCUT2D eigenvalue weighted by molar-refractivity contribution is 7.91. The fourth-order valence-corrected chi connectivity index (χ4v) is 6.77. The Hall–Kier alpha value is -3.95. The van der Waals surface area contributed by atoms with Gasteiger partial charge in [0.05, 0.1) is 71.2 Å². The number of amides is 2. The van der Waals surface area contributed by atoms with E-state index in [2.05, 4.69) is 9.80 Å². The first-order valence-corrected chi connectivity index (χ1v) is 18.7. The van der Waals surface area contributed by atoms with Gasteiger partial charge in [0.1, 0.15) is 0 Å². The number of aliphatic hydroxyl groups is 1. The van der Waals surface area contributed by atoms with Crippen LogP contribution in [-0.4, -0.2) is 196 Å². The lowest BCUT2D eigenvalue weighted by Crippen LogP contribution is -2.52. The van der Waals surface area contributed by atoms with Crippen LogP contribution in [0.1, 0.15) is 26.7 Å². The Balaban J connectivity index is 0.000000636. The van der Waals surface area contributed by atoms with Crippen LogP contribution in [0.4, 0.5) is 4.79 Å². The molecule has 2 amide bonds. The van der Waals surface area contributed by atoms with Gasteiger partial charge >= 0.3 is 23.9 Å². The van der Waals surface area contributed by atoms with Gasteiger partial charge in [-0.3, -0.25) is 19.4 Å². The van der Waals surface area contributed by atoms with Gasteiger partial charge in [-0.2, -0.15) is 0 Å². The first-order valence-electron chi connectivity index (χ1n) is 17.1. The van der Waals surface area contributed by atoms with Crippen molar-refractivity contribution < 1.29 is 71.7 Å². The van der Waals surface area contributed by atoms with Crippen LogP contribution in [0.2, 0.25) is 0 Å². The quantitative estimate of drug-likeness (QED) is 0.145. The van der Waals surface area contributed by atoms with Crippen LogP contribution in [0.3, 0.4) is 0 Å². The molecule has 0 saturated carbocycles. The predicted molar refractivity (Wildman–Crippen MR) is 189 cm³/mol. The molecule has 0 spiro atoms. The normalized spacial score (nSPS) is 15.5. The maximum Gasteiger partial charge on any atom is 0.336 e. The Kier molecular flexibility index (Phi) is 18.5. The Labute approximate surface area is 309 Å². The molecule has 3 rings (SSSR count). The summed E-state index contributed by atoms with van der Waals surface area (Å²) in [5.41, 5.74) is -2.74. The highest BCUT2D eigenvalue weighted by Gasteiger charge is 2.40. The second-order valence-corrected chi connectivity index (χ2v) is 14.7. The summed E-state index contributed by atoms with van der Waals surface area (Å²) in [5.74, 6) is -4.42. The fourth-order valence-electron chi connectivity index (χ4n) is 5.52. The minimum absolute atomic E-state index is 0.0506. The molecule has 19 nitrogen and oxygen atoms in total. The number of ether oxygens (including phenoxy) is 5. The molecule has 2 aliphatic heterocycles.